The molecular formula is C33H39NO3. The molecule has 4 heteroatoms. The smallest absolute Gasteiger partial charge is 0.120 e. The van der Waals surface area contributed by atoms with E-state index in [1.165, 1.54) is 21.5 Å². The van der Waals surface area contributed by atoms with Gasteiger partial charge >= 0.3 is 0 Å². The Morgan fingerprint density at radius 3 is 1.51 bits per heavy atom. The van der Waals surface area contributed by atoms with Crippen molar-refractivity contribution in [2.75, 3.05) is 13.2 Å². The summed E-state index contributed by atoms with van der Waals surface area (Å²) in [6, 6.07) is 29.4. The van der Waals surface area contributed by atoms with E-state index in [0.29, 0.717) is 13.2 Å². The Hall–Kier alpha value is -3.08. The van der Waals surface area contributed by atoms with Gasteiger partial charge in [-0.2, -0.15) is 5.06 Å². The van der Waals surface area contributed by atoms with Crippen LogP contribution in [-0.4, -0.2) is 35.0 Å². The summed E-state index contributed by atoms with van der Waals surface area (Å²) in [7, 11) is 0. The van der Waals surface area contributed by atoms with Crippen LogP contribution in [0.5, 0.6) is 11.5 Å². The molecule has 0 spiro atoms. The van der Waals surface area contributed by atoms with Gasteiger partial charge < -0.3 is 9.47 Å². The summed E-state index contributed by atoms with van der Waals surface area (Å²) < 4.78 is 12.9. The number of hydrogen-bond donors (Lipinski definition) is 0. The number of ether oxygens (including phenoxy) is 2. The summed E-state index contributed by atoms with van der Waals surface area (Å²) in [5.41, 5.74) is -0.955. The number of rotatable bonds is 7. The van der Waals surface area contributed by atoms with E-state index < -0.39 is 0 Å². The molecule has 0 bridgehead atoms. The van der Waals surface area contributed by atoms with E-state index in [0.717, 1.165) is 30.8 Å². The number of hydroxylamine groups is 2. The molecule has 0 saturated carbocycles. The minimum absolute atomic E-state index is 0.307. The van der Waals surface area contributed by atoms with Crippen molar-refractivity contribution in [1.29, 1.82) is 0 Å². The van der Waals surface area contributed by atoms with Crippen molar-refractivity contribution in [3.8, 4) is 11.5 Å². The summed E-state index contributed by atoms with van der Waals surface area (Å²) in [6.07, 6.45) is 3.06. The van der Waals surface area contributed by atoms with Gasteiger partial charge in [-0.05, 0) is 99.7 Å². The molecule has 0 aromatic heterocycles. The van der Waals surface area contributed by atoms with Crippen LogP contribution in [0.2, 0.25) is 0 Å². The van der Waals surface area contributed by atoms with Gasteiger partial charge in [0.1, 0.15) is 24.7 Å². The van der Waals surface area contributed by atoms with Crippen molar-refractivity contribution in [2.45, 2.75) is 70.6 Å². The van der Waals surface area contributed by atoms with Gasteiger partial charge in [0.2, 0.25) is 0 Å². The number of hydrogen-bond acceptors (Lipinski definition) is 4. The molecule has 1 aliphatic rings. The summed E-state index contributed by atoms with van der Waals surface area (Å²) in [6.45, 7) is 11.9. The Morgan fingerprint density at radius 2 is 1.08 bits per heavy atom. The average Bonchev–Trinajstić information content (AvgIpc) is 2.88. The fourth-order valence-corrected chi connectivity index (χ4v) is 5.45. The van der Waals surface area contributed by atoms with Gasteiger partial charge in [-0.3, -0.25) is 4.84 Å². The Morgan fingerprint density at radius 1 is 0.649 bits per heavy atom. The molecule has 5 rings (SSSR count). The van der Waals surface area contributed by atoms with Crippen LogP contribution in [0.1, 0.15) is 53.9 Å². The maximum absolute atomic E-state index is 6.70. The van der Waals surface area contributed by atoms with Gasteiger partial charge in [0, 0.05) is 0 Å². The Kier molecular flexibility index (Phi) is 6.91. The van der Waals surface area contributed by atoms with Gasteiger partial charge in [-0.1, -0.05) is 60.7 Å². The molecule has 1 fully saturated rings. The molecule has 37 heavy (non-hydrogen) atoms. The van der Waals surface area contributed by atoms with Gasteiger partial charge in [-0.15, -0.1) is 0 Å². The largest absolute Gasteiger partial charge is 0.492 e. The lowest BCUT2D eigenvalue weighted by molar-refractivity contribution is -0.338. The summed E-state index contributed by atoms with van der Waals surface area (Å²) >= 11 is 0. The molecule has 4 aromatic carbocycles. The zero-order valence-corrected chi connectivity index (χ0v) is 22.8. The minimum Gasteiger partial charge on any atom is -0.492 e. The highest BCUT2D eigenvalue weighted by molar-refractivity contribution is 5.84. The van der Waals surface area contributed by atoms with E-state index in [1.807, 2.05) is 0 Å². The molecule has 0 aliphatic carbocycles. The third-order valence-corrected chi connectivity index (χ3v) is 7.32. The van der Waals surface area contributed by atoms with Crippen LogP contribution < -0.4 is 9.47 Å². The lowest BCUT2D eigenvalue weighted by Crippen LogP contribution is -2.66. The van der Waals surface area contributed by atoms with Crippen LogP contribution >= 0.6 is 0 Å². The molecule has 0 amide bonds. The number of nitrogens with zero attached hydrogens (tertiary/aromatic N) is 1. The normalized spacial score (nSPS) is 22.8. The van der Waals surface area contributed by atoms with E-state index >= 15 is 0 Å². The number of piperidine rings is 1. The Labute approximate surface area is 221 Å². The minimum atomic E-state index is -0.342. The van der Waals surface area contributed by atoms with E-state index in [9.17, 15) is 0 Å². The molecule has 0 radical (unpaired) electrons. The zero-order valence-electron chi connectivity index (χ0n) is 22.8. The Balaban J connectivity index is 1.36. The van der Waals surface area contributed by atoms with Crippen molar-refractivity contribution in [2.24, 2.45) is 0 Å². The average molecular weight is 498 g/mol. The zero-order chi connectivity index (χ0) is 26.1. The SMILES string of the molecule is CC(C)(C)ON1C(C)(COc2ccc3ccccc3c2)CCCC1(C)COc1ccc2ccccc2c1. The van der Waals surface area contributed by atoms with E-state index in [2.05, 4.69) is 125 Å². The molecular weight excluding hydrogens is 458 g/mol. The molecule has 194 valence electrons. The third-order valence-electron chi connectivity index (χ3n) is 7.32. The van der Waals surface area contributed by atoms with Crippen LogP contribution in [0.25, 0.3) is 21.5 Å². The molecule has 1 heterocycles. The van der Waals surface area contributed by atoms with E-state index in [4.69, 9.17) is 14.3 Å². The number of fused-ring (bicyclic) bond motifs is 2. The maximum atomic E-state index is 6.70. The summed E-state index contributed by atoms with van der Waals surface area (Å²) in [5.74, 6) is 1.77. The second-order valence-electron chi connectivity index (χ2n) is 11.9. The fourth-order valence-electron chi connectivity index (χ4n) is 5.45. The molecule has 1 saturated heterocycles. The molecule has 2 atom stereocenters. The lowest BCUT2D eigenvalue weighted by atomic mass is 9.80. The second-order valence-corrected chi connectivity index (χ2v) is 11.9. The molecule has 1 aliphatic heterocycles. The van der Waals surface area contributed by atoms with Crippen LogP contribution in [-0.2, 0) is 4.84 Å². The molecule has 0 N–H and O–H groups in total. The summed E-state index contributed by atoms with van der Waals surface area (Å²) in [4.78, 5) is 6.70. The number of benzene rings is 4. The first kappa shape index (κ1) is 25.6. The highest BCUT2D eigenvalue weighted by Gasteiger charge is 2.50. The highest BCUT2D eigenvalue weighted by atomic mass is 16.7. The fraction of sp³-hybridized carbons (Fsp3) is 0.394. The van der Waals surface area contributed by atoms with Crippen LogP contribution in [0, 0.1) is 0 Å². The van der Waals surface area contributed by atoms with Crippen molar-refractivity contribution in [3.05, 3.63) is 84.9 Å². The first-order valence-electron chi connectivity index (χ1n) is 13.4. The van der Waals surface area contributed by atoms with E-state index in [1.54, 1.807) is 0 Å². The van der Waals surface area contributed by atoms with Crippen LogP contribution in [0.3, 0.4) is 0 Å². The van der Waals surface area contributed by atoms with Crippen molar-refractivity contribution >= 4 is 21.5 Å². The highest BCUT2D eigenvalue weighted by Crippen LogP contribution is 2.41. The van der Waals surface area contributed by atoms with Crippen molar-refractivity contribution < 1.29 is 14.3 Å². The predicted molar refractivity (Wildman–Crippen MR) is 152 cm³/mol. The Bertz CT molecular complexity index is 1280. The molecule has 4 nitrogen and oxygen atoms in total. The van der Waals surface area contributed by atoms with Crippen molar-refractivity contribution in [3.63, 3.8) is 0 Å². The quantitative estimate of drug-likeness (QED) is 0.258. The first-order valence-corrected chi connectivity index (χ1v) is 13.4. The van der Waals surface area contributed by atoms with Crippen molar-refractivity contribution in [1.82, 2.24) is 5.06 Å². The topological polar surface area (TPSA) is 30.9 Å². The maximum Gasteiger partial charge on any atom is 0.120 e. The standard InChI is InChI=1S/C33H39NO3/c1-31(2,3)37-34-32(4,23-35-29-17-15-25-11-6-8-13-27(25)21-29)19-10-20-33(34,5)24-36-30-18-16-26-12-7-9-14-28(26)22-30/h6-9,11-18,21-22H,10,19-20,23-24H2,1-5H3. The van der Waals surface area contributed by atoms with E-state index in [-0.39, 0.29) is 16.7 Å². The van der Waals surface area contributed by atoms with Crippen LogP contribution in [0.4, 0.5) is 0 Å². The second kappa shape index (κ2) is 10.00. The molecule has 4 aromatic rings. The van der Waals surface area contributed by atoms with Gasteiger partial charge in [0.15, 0.2) is 0 Å². The third kappa shape index (κ3) is 5.76. The monoisotopic (exact) mass is 497 g/mol. The van der Waals surface area contributed by atoms with Gasteiger partial charge in [0.25, 0.3) is 0 Å². The van der Waals surface area contributed by atoms with Gasteiger partial charge in [0.05, 0.1) is 16.7 Å². The van der Waals surface area contributed by atoms with Crippen LogP contribution in [0.15, 0.2) is 84.9 Å². The molecule has 2 unspecified atom stereocenters. The lowest BCUT2D eigenvalue weighted by Gasteiger charge is -2.55. The predicted octanol–water partition coefficient (Wildman–Crippen LogP) is 8.18. The summed E-state index contributed by atoms with van der Waals surface area (Å²) in [5, 5.41) is 7.01. The van der Waals surface area contributed by atoms with Gasteiger partial charge in [-0.25, -0.2) is 0 Å². The first-order chi connectivity index (χ1) is 17.6.